The summed E-state index contributed by atoms with van der Waals surface area (Å²) in [6.07, 6.45) is 0.168. The molecule has 0 amide bonds. The fourth-order valence-corrected chi connectivity index (χ4v) is 7.59. The second-order valence-electron chi connectivity index (χ2n) is 12.6. The van der Waals surface area contributed by atoms with Crippen LogP contribution in [0.3, 0.4) is 0 Å². The van der Waals surface area contributed by atoms with E-state index >= 15 is 0 Å². The van der Waals surface area contributed by atoms with Crippen molar-refractivity contribution in [2.24, 2.45) is 22.7 Å². The van der Waals surface area contributed by atoms with E-state index in [1.807, 2.05) is 13.8 Å². The number of hydrogen-bond donors (Lipinski definition) is 4. The van der Waals surface area contributed by atoms with Gasteiger partial charge in [-0.2, -0.15) is 0 Å². The Bertz CT molecular complexity index is 1550. The number of allylic oxidation sites excluding steroid dienone is 1. The molecule has 3 aliphatic carbocycles. The summed E-state index contributed by atoms with van der Waals surface area (Å²) in [7, 11) is 1.16. The van der Waals surface area contributed by atoms with Gasteiger partial charge >= 0.3 is 5.97 Å². The minimum Gasteiger partial charge on any atom is -0.508 e. The lowest BCUT2D eigenvalue weighted by atomic mass is 9.43. The summed E-state index contributed by atoms with van der Waals surface area (Å²) in [6.45, 7) is 11.7. The Balaban J connectivity index is 2.10. The van der Waals surface area contributed by atoms with Crippen LogP contribution in [0.5, 0.6) is 5.75 Å². The quantitative estimate of drug-likeness (QED) is 0.243. The highest BCUT2D eigenvalue weighted by molar-refractivity contribution is 6.24. The molecule has 218 valence electrons. The normalized spacial score (nSPS) is 29.1. The van der Waals surface area contributed by atoms with Gasteiger partial charge < -0.3 is 25.2 Å². The molecule has 9 heteroatoms. The minimum absolute atomic E-state index is 0.00704. The molecule has 1 unspecified atom stereocenters. The van der Waals surface area contributed by atoms with Crippen LogP contribution in [-0.4, -0.2) is 56.5 Å². The van der Waals surface area contributed by atoms with Crippen LogP contribution in [0.1, 0.15) is 83.1 Å². The number of Topliss-reactive ketones (excluding diaryl/α,β-unsaturated/α-hetero) is 3. The number of aliphatic hydroxyl groups is 3. The highest BCUT2D eigenvalue weighted by atomic mass is 16.5. The number of rotatable bonds is 3. The Hall–Kier alpha value is -3.90. The van der Waals surface area contributed by atoms with Crippen molar-refractivity contribution in [1.29, 1.82) is 0 Å². The first-order valence-electron chi connectivity index (χ1n) is 13.6. The van der Waals surface area contributed by atoms with Gasteiger partial charge in [-0.1, -0.05) is 47.5 Å². The van der Waals surface area contributed by atoms with Gasteiger partial charge in [-0.3, -0.25) is 14.4 Å². The van der Waals surface area contributed by atoms with Crippen molar-refractivity contribution in [1.82, 2.24) is 0 Å². The van der Waals surface area contributed by atoms with E-state index in [0.717, 1.165) is 19.6 Å². The van der Waals surface area contributed by atoms with E-state index < -0.39 is 74.4 Å². The number of carbonyl (C=O) groups excluding carboxylic acids is 4. The number of benzene rings is 1. The Morgan fingerprint density at radius 3 is 2.22 bits per heavy atom. The molecule has 0 heterocycles. The standard InChI is InChI=1S/C32H36O9/c1-14(2)18-11-17(9-10-20(34)41-8)25(35)22-19(18)12-30(6)13-31(7)23(15(3)4)26(36)21(16(5)33)28(38)32(31,40)29(39)24(30)27(22)37/h11,14-15,23,35,37-38,40H,12-13H2,1-8H3/t23?,30-,31-,32+/m1/s1. The maximum atomic E-state index is 14.4. The molecule has 0 aliphatic heterocycles. The molecule has 0 bridgehead atoms. The molecule has 1 aromatic carbocycles. The number of aliphatic hydroxyl groups excluding tert-OH is 2. The number of hydrogen-bond acceptors (Lipinski definition) is 9. The fourth-order valence-electron chi connectivity index (χ4n) is 7.59. The maximum absolute atomic E-state index is 14.4. The van der Waals surface area contributed by atoms with Gasteiger partial charge in [0, 0.05) is 28.2 Å². The first kappa shape index (κ1) is 30.1. The molecule has 1 aromatic rings. The second kappa shape index (κ2) is 9.59. The number of ketones is 3. The molecule has 0 radical (unpaired) electrons. The Morgan fingerprint density at radius 1 is 1.10 bits per heavy atom. The largest absolute Gasteiger partial charge is 0.508 e. The third-order valence-corrected chi connectivity index (χ3v) is 9.15. The number of phenolic OH excluding ortho intramolecular Hbond substituents is 1. The van der Waals surface area contributed by atoms with Crippen LogP contribution in [0.2, 0.25) is 0 Å². The van der Waals surface area contributed by atoms with Crippen LogP contribution >= 0.6 is 0 Å². The second-order valence-corrected chi connectivity index (χ2v) is 12.6. The molecule has 1 fully saturated rings. The first-order chi connectivity index (χ1) is 18.9. The van der Waals surface area contributed by atoms with Gasteiger partial charge in [0.1, 0.15) is 22.8 Å². The van der Waals surface area contributed by atoms with Crippen molar-refractivity contribution >= 4 is 29.1 Å². The van der Waals surface area contributed by atoms with Crippen LogP contribution in [0.4, 0.5) is 0 Å². The Labute approximate surface area is 238 Å². The van der Waals surface area contributed by atoms with Crippen molar-refractivity contribution < 1.29 is 44.3 Å². The van der Waals surface area contributed by atoms with E-state index in [4.69, 9.17) is 0 Å². The van der Waals surface area contributed by atoms with Crippen molar-refractivity contribution in [2.45, 2.75) is 72.8 Å². The van der Waals surface area contributed by atoms with Crippen LogP contribution in [0, 0.1) is 34.5 Å². The summed E-state index contributed by atoms with van der Waals surface area (Å²) < 4.78 is 4.56. The van der Waals surface area contributed by atoms with Crippen LogP contribution in [0.25, 0.3) is 5.76 Å². The first-order valence-corrected chi connectivity index (χ1v) is 13.6. The lowest BCUT2D eigenvalue weighted by Gasteiger charge is -2.59. The number of fused-ring (bicyclic) bond motifs is 3. The molecule has 3 aliphatic rings. The van der Waals surface area contributed by atoms with Crippen LogP contribution in [0.15, 0.2) is 23.0 Å². The number of phenols is 1. The Morgan fingerprint density at radius 2 is 1.71 bits per heavy atom. The van der Waals surface area contributed by atoms with E-state index in [-0.39, 0.29) is 35.5 Å². The molecule has 0 spiro atoms. The summed E-state index contributed by atoms with van der Waals surface area (Å²) in [5.41, 5.74) is -4.91. The summed E-state index contributed by atoms with van der Waals surface area (Å²) >= 11 is 0. The van der Waals surface area contributed by atoms with E-state index in [9.17, 15) is 39.6 Å². The smallest absolute Gasteiger partial charge is 0.384 e. The van der Waals surface area contributed by atoms with E-state index in [1.54, 1.807) is 33.8 Å². The van der Waals surface area contributed by atoms with Gasteiger partial charge in [0.25, 0.3) is 0 Å². The SMILES string of the molecule is COC(=O)C#Cc1cc(C(C)C)c2c(c1O)C(O)=C1C(=O)[C@@]3(O)C(O)=C(C(C)=O)C(=O)C(C(C)C)[C@@]3(C)C[C@@]1(C)C2. The van der Waals surface area contributed by atoms with Gasteiger partial charge in [0.05, 0.1) is 18.2 Å². The highest BCUT2D eigenvalue weighted by Gasteiger charge is 2.72. The minimum atomic E-state index is -2.68. The third kappa shape index (κ3) is 3.95. The molecule has 1 saturated carbocycles. The zero-order valence-corrected chi connectivity index (χ0v) is 24.6. The maximum Gasteiger partial charge on any atom is 0.384 e. The van der Waals surface area contributed by atoms with Crippen molar-refractivity contribution in [3.8, 4) is 17.6 Å². The summed E-state index contributed by atoms with van der Waals surface area (Å²) in [6, 6.07) is 1.63. The number of ether oxygens (including phenoxy) is 1. The third-order valence-electron chi connectivity index (χ3n) is 9.15. The molecule has 4 atom stereocenters. The van der Waals surface area contributed by atoms with Crippen molar-refractivity contribution in [2.75, 3.05) is 7.11 Å². The van der Waals surface area contributed by atoms with Gasteiger partial charge in [0.2, 0.25) is 5.78 Å². The molecule has 4 rings (SSSR count). The van der Waals surface area contributed by atoms with Gasteiger partial charge in [-0.15, -0.1) is 0 Å². The molecule has 9 nitrogen and oxygen atoms in total. The van der Waals surface area contributed by atoms with Gasteiger partial charge in [-0.05, 0) is 48.8 Å². The predicted molar refractivity (Wildman–Crippen MR) is 149 cm³/mol. The van der Waals surface area contributed by atoms with Crippen LogP contribution < -0.4 is 0 Å². The lowest BCUT2D eigenvalue weighted by molar-refractivity contribution is -0.178. The highest BCUT2D eigenvalue weighted by Crippen LogP contribution is 2.65. The number of esters is 1. The summed E-state index contributed by atoms with van der Waals surface area (Å²) in [5, 5.41) is 46.4. The predicted octanol–water partition coefficient (Wildman–Crippen LogP) is 3.84. The topological polar surface area (TPSA) is 158 Å². The van der Waals surface area contributed by atoms with E-state index in [1.165, 1.54) is 0 Å². The molecule has 0 aromatic heterocycles. The average molecular weight is 565 g/mol. The zero-order valence-electron chi connectivity index (χ0n) is 24.6. The fraction of sp³-hybridized carbons (Fsp3) is 0.500. The van der Waals surface area contributed by atoms with E-state index in [2.05, 4.69) is 16.6 Å². The lowest BCUT2D eigenvalue weighted by Crippen LogP contribution is -2.69. The molecule has 0 saturated heterocycles. The zero-order chi connectivity index (χ0) is 31.0. The van der Waals surface area contributed by atoms with Crippen molar-refractivity contribution in [3.05, 3.63) is 45.2 Å². The molecule has 4 N–H and O–H groups in total. The molecular weight excluding hydrogens is 528 g/mol. The monoisotopic (exact) mass is 564 g/mol. The number of aromatic hydroxyl groups is 1. The summed E-state index contributed by atoms with van der Waals surface area (Å²) in [4.78, 5) is 52.2. The molecule has 41 heavy (non-hydrogen) atoms. The number of methoxy groups -OCH3 is 1. The average Bonchev–Trinajstić information content (AvgIpc) is 2.84. The Kier molecular flexibility index (Phi) is 7.03. The van der Waals surface area contributed by atoms with Gasteiger partial charge in [-0.25, -0.2) is 4.79 Å². The number of carbonyl (C=O) groups is 4. The van der Waals surface area contributed by atoms with E-state index in [0.29, 0.717) is 5.56 Å². The molecular formula is C32H36O9. The van der Waals surface area contributed by atoms with Gasteiger partial charge in [0.15, 0.2) is 17.2 Å². The summed E-state index contributed by atoms with van der Waals surface area (Å²) in [5.74, 6) is -2.02. The van der Waals surface area contributed by atoms with Crippen LogP contribution in [-0.2, 0) is 30.3 Å². The van der Waals surface area contributed by atoms with Crippen molar-refractivity contribution in [3.63, 3.8) is 0 Å².